The summed E-state index contributed by atoms with van der Waals surface area (Å²) in [6, 6.07) is 9.33. The molecule has 0 N–H and O–H groups in total. The average molecular weight is 387 g/mol. The van der Waals surface area contributed by atoms with Crippen molar-refractivity contribution in [1.29, 1.82) is 0 Å². The van der Waals surface area contributed by atoms with Crippen LogP contribution in [0.1, 0.15) is 25.8 Å². The van der Waals surface area contributed by atoms with Crippen molar-refractivity contribution in [3.05, 3.63) is 60.4 Å². The van der Waals surface area contributed by atoms with Crippen molar-refractivity contribution in [1.82, 2.24) is 4.90 Å². The second-order valence-electron chi connectivity index (χ2n) is 6.37. The summed E-state index contributed by atoms with van der Waals surface area (Å²) in [5.74, 6) is -0.369. The monoisotopic (exact) mass is 387 g/mol. The normalized spacial score (nSPS) is 17.7. The molecule has 1 aromatic carbocycles. The van der Waals surface area contributed by atoms with E-state index in [1.54, 1.807) is 19.1 Å². The van der Waals surface area contributed by atoms with Gasteiger partial charge in [0.05, 0.1) is 18.9 Å². The minimum absolute atomic E-state index is 0.0316. The van der Waals surface area contributed by atoms with Crippen molar-refractivity contribution in [2.24, 2.45) is 5.92 Å². The van der Waals surface area contributed by atoms with Crippen LogP contribution in [0.25, 0.3) is 0 Å². The topological polar surface area (TPSA) is 82.1 Å². The Kier molecular flexibility index (Phi) is 8.27. The quantitative estimate of drug-likeness (QED) is 0.383. The van der Waals surface area contributed by atoms with Gasteiger partial charge in [-0.15, -0.1) is 0 Å². The van der Waals surface area contributed by atoms with Crippen LogP contribution in [-0.2, 0) is 25.4 Å². The van der Waals surface area contributed by atoms with Crippen LogP contribution in [0, 0.1) is 5.92 Å². The Morgan fingerprint density at radius 1 is 1.32 bits per heavy atom. The van der Waals surface area contributed by atoms with Crippen LogP contribution in [-0.4, -0.2) is 42.3 Å². The van der Waals surface area contributed by atoms with E-state index in [4.69, 9.17) is 9.47 Å². The highest BCUT2D eigenvalue weighted by molar-refractivity contribution is 5.99. The molecule has 1 aliphatic heterocycles. The van der Waals surface area contributed by atoms with Crippen LogP contribution < -0.4 is 0 Å². The third-order valence-corrected chi connectivity index (χ3v) is 4.11. The van der Waals surface area contributed by atoms with Crippen LogP contribution in [0.4, 0.5) is 9.59 Å². The number of imide groups is 1. The van der Waals surface area contributed by atoms with Crippen molar-refractivity contribution >= 4 is 18.2 Å². The average Bonchev–Trinajstić information content (AvgIpc) is 3.03. The molecule has 0 spiro atoms. The molecular weight excluding hydrogens is 362 g/mol. The molecule has 0 aromatic heterocycles. The molecule has 0 bridgehead atoms. The summed E-state index contributed by atoms with van der Waals surface area (Å²) >= 11 is 0. The smallest absolute Gasteiger partial charge is 0.447 e. The van der Waals surface area contributed by atoms with Crippen LogP contribution in [0.3, 0.4) is 0 Å². The highest BCUT2D eigenvalue weighted by Gasteiger charge is 2.36. The van der Waals surface area contributed by atoms with E-state index in [2.05, 4.69) is 4.74 Å². The van der Waals surface area contributed by atoms with Crippen molar-refractivity contribution in [2.45, 2.75) is 32.7 Å². The summed E-state index contributed by atoms with van der Waals surface area (Å²) in [6.45, 7) is 4.03. The summed E-state index contributed by atoms with van der Waals surface area (Å²) in [7, 11) is 0. The lowest BCUT2D eigenvalue weighted by Gasteiger charge is -2.18. The lowest BCUT2D eigenvalue weighted by molar-refractivity contribution is -0.124. The zero-order valence-electron chi connectivity index (χ0n) is 16.1. The molecule has 2 rings (SSSR count). The minimum Gasteiger partial charge on any atom is -0.447 e. The first kappa shape index (κ1) is 21.2. The van der Waals surface area contributed by atoms with E-state index >= 15 is 0 Å². The molecule has 28 heavy (non-hydrogen) atoms. The van der Waals surface area contributed by atoms with Gasteiger partial charge in [0, 0.05) is 0 Å². The predicted octanol–water partition coefficient (Wildman–Crippen LogP) is 3.85. The molecule has 1 saturated heterocycles. The number of amides is 2. The minimum atomic E-state index is -0.756. The Morgan fingerprint density at radius 3 is 2.79 bits per heavy atom. The fraction of sp³-hybridized carbons (Fsp3) is 0.381. The molecule has 0 aliphatic carbocycles. The van der Waals surface area contributed by atoms with Gasteiger partial charge in [-0.05, 0) is 43.4 Å². The summed E-state index contributed by atoms with van der Waals surface area (Å²) < 4.78 is 14.4. The Morgan fingerprint density at radius 2 is 2.07 bits per heavy atom. The maximum Gasteiger partial charge on any atom is 0.513 e. The van der Waals surface area contributed by atoms with E-state index in [9.17, 15) is 14.4 Å². The maximum atomic E-state index is 12.4. The number of rotatable bonds is 8. The summed E-state index contributed by atoms with van der Waals surface area (Å²) in [6.07, 6.45) is 5.74. The number of cyclic esters (lactones) is 1. The lowest BCUT2D eigenvalue weighted by Crippen LogP contribution is -2.39. The number of carbonyl (C=O) groups is 3. The van der Waals surface area contributed by atoms with E-state index in [0.29, 0.717) is 12.8 Å². The molecular formula is C21H25NO6. The molecule has 1 heterocycles. The van der Waals surface area contributed by atoms with Crippen LogP contribution in [0.15, 0.2) is 54.8 Å². The van der Waals surface area contributed by atoms with Gasteiger partial charge in [-0.1, -0.05) is 43.3 Å². The van der Waals surface area contributed by atoms with Gasteiger partial charge in [0.15, 0.2) is 0 Å². The third-order valence-electron chi connectivity index (χ3n) is 4.11. The first-order chi connectivity index (χ1) is 13.5. The summed E-state index contributed by atoms with van der Waals surface area (Å²) in [5.41, 5.74) is 1.04. The molecule has 150 valence electrons. The first-order valence-corrected chi connectivity index (χ1v) is 9.21. The molecule has 0 saturated carbocycles. The predicted molar refractivity (Wildman–Crippen MR) is 102 cm³/mol. The third kappa shape index (κ3) is 6.57. The number of allylic oxidation sites excluding steroid dienone is 2. The van der Waals surface area contributed by atoms with Crippen molar-refractivity contribution in [3.63, 3.8) is 0 Å². The van der Waals surface area contributed by atoms with E-state index < -0.39 is 18.2 Å². The highest BCUT2D eigenvalue weighted by atomic mass is 16.7. The molecule has 0 radical (unpaired) electrons. The van der Waals surface area contributed by atoms with Gasteiger partial charge < -0.3 is 14.2 Å². The first-order valence-electron chi connectivity index (χ1n) is 9.21. The second-order valence-corrected chi connectivity index (χ2v) is 6.37. The van der Waals surface area contributed by atoms with Crippen LogP contribution in [0.2, 0.25) is 0 Å². The zero-order chi connectivity index (χ0) is 20.4. The van der Waals surface area contributed by atoms with Gasteiger partial charge in [0.1, 0.15) is 6.61 Å². The zero-order valence-corrected chi connectivity index (χ0v) is 16.1. The molecule has 1 aromatic rings. The molecule has 0 unspecified atom stereocenters. The highest BCUT2D eigenvalue weighted by Crippen LogP contribution is 2.18. The van der Waals surface area contributed by atoms with E-state index in [-0.39, 0.29) is 25.2 Å². The van der Waals surface area contributed by atoms with Gasteiger partial charge in [-0.25, -0.2) is 14.5 Å². The molecule has 1 aliphatic rings. The summed E-state index contributed by atoms with van der Waals surface area (Å²) in [4.78, 5) is 36.6. The van der Waals surface area contributed by atoms with E-state index in [1.807, 2.05) is 37.3 Å². The molecule has 7 heteroatoms. The van der Waals surface area contributed by atoms with Crippen LogP contribution in [0.5, 0.6) is 0 Å². The Bertz CT molecular complexity index is 728. The molecule has 1 fully saturated rings. The Balaban J connectivity index is 1.85. The Labute approximate surface area is 164 Å². The van der Waals surface area contributed by atoms with Gasteiger partial charge in [0.25, 0.3) is 5.91 Å². The number of hydrogen-bond acceptors (Lipinski definition) is 6. The number of carbonyl (C=O) groups excluding carboxylic acids is 3. The fourth-order valence-electron chi connectivity index (χ4n) is 2.69. The lowest BCUT2D eigenvalue weighted by atomic mass is 10.1. The van der Waals surface area contributed by atoms with Crippen molar-refractivity contribution in [3.8, 4) is 0 Å². The van der Waals surface area contributed by atoms with Crippen LogP contribution >= 0.6 is 0 Å². The van der Waals surface area contributed by atoms with Gasteiger partial charge in [0.2, 0.25) is 0 Å². The maximum absolute atomic E-state index is 12.4. The molecule has 2 amide bonds. The van der Waals surface area contributed by atoms with Crippen molar-refractivity contribution < 1.29 is 28.6 Å². The molecule has 2 atom stereocenters. The largest absolute Gasteiger partial charge is 0.513 e. The van der Waals surface area contributed by atoms with E-state index in [1.165, 1.54) is 12.3 Å². The molecule has 7 nitrogen and oxygen atoms in total. The van der Waals surface area contributed by atoms with Crippen molar-refractivity contribution in [2.75, 3.05) is 13.2 Å². The number of ether oxygens (including phenoxy) is 3. The van der Waals surface area contributed by atoms with Gasteiger partial charge >= 0.3 is 12.2 Å². The fourth-order valence-corrected chi connectivity index (χ4v) is 2.69. The number of nitrogens with zero attached hydrogens (tertiary/aromatic N) is 1. The number of hydrogen-bond donors (Lipinski definition) is 0. The SMILES string of the molecule is CCOC(=O)O/C=C/[C@@H](C)C/C=C/C(=O)N1C(=O)OC[C@@H]1Cc1ccccc1. The second kappa shape index (κ2) is 10.9. The standard InChI is InChI=1S/C21H25NO6/c1-3-26-21(25)27-13-12-16(2)8-7-11-19(23)22-18(15-28-20(22)24)14-17-9-5-4-6-10-17/h4-7,9-13,16,18H,3,8,14-15H2,1-2H3/b11-7+,13-12+/t16-,18-/m0/s1. The Hall–Kier alpha value is -3.09. The number of benzene rings is 1. The van der Waals surface area contributed by atoms with Gasteiger partial charge in [-0.2, -0.15) is 0 Å². The van der Waals surface area contributed by atoms with Gasteiger partial charge in [-0.3, -0.25) is 4.79 Å². The van der Waals surface area contributed by atoms with E-state index in [0.717, 1.165) is 10.5 Å². The summed E-state index contributed by atoms with van der Waals surface area (Å²) in [5, 5.41) is 0.